The minimum Gasteiger partial charge on any atom is -0.489 e. The van der Waals surface area contributed by atoms with Crippen LogP contribution < -0.4 is 10.1 Å². The van der Waals surface area contributed by atoms with Crippen LogP contribution in [0.25, 0.3) is 5.69 Å². The van der Waals surface area contributed by atoms with E-state index in [2.05, 4.69) is 10.5 Å². The van der Waals surface area contributed by atoms with E-state index in [0.717, 1.165) is 11.3 Å². The number of nitrogens with one attached hydrogen (secondary N) is 1. The molecular weight excluding hydrogens is 397 g/mol. The minimum absolute atomic E-state index is 0.0407. The van der Waals surface area contributed by atoms with Gasteiger partial charge in [-0.3, -0.25) is 4.79 Å². The molecule has 4 rings (SSSR count). The number of halogens is 1. The van der Waals surface area contributed by atoms with E-state index in [-0.39, 0.29) is 24.2 Å². The SMILES string of the molecule is Cc1onc(C(=O)NC(C)c2cccc(-n3cccc3)c2)c1COc1cccc(F)c1. The Balaban J connectivity index is 1.47. The molecule has 0 saturated carbocycles. The molecule has 2 aromatic carbocycles. The first-order chi connectivity index (χ1) is 15.0. The highest BCUT2D eigenvalue weighted by Gasteiger charge is 2.22. The van der Waals surface area contributed by atoms with E-state index < -0.39 is 5.82 Å². The summed E-state index contributed by atoms with van der Waals surface area (Å²) < 4.78 is 26.2. The number of benzene rings is 2. The second-order valence-corrected chi connectivity index (χ2v) is 7.19. The van der Waals surface area contributed by atoms with Gasteiger partial charge in [-0.2, -0.15) is 0 Å². The number of ether oxygens (including phenoxy) is 1. The van der Waals surface area contributed by atoms with Crippen molar-refractivity contribution in [2.24, 2.45) is 0 Å². The summed E-state index contributed by atoms with van der Waals surface area (Å²) in [5, 5.41) is 6.86. The number of rotatable bonds is 7. The summed E-state index contributed by atoms with van der Waals surface area (Å²) in [5.74, 6) is 0.0768. The molecule has 0 aliphatic carbocycles. The lowest BCUT2D eigenvalue weighted by atomic mass is 10.1. The highest BCUT2D eigenvalue weighted by Crippen LogP contribution is 2.21. The summed E-state index contributed by atoms with van der Waals surface area (Å²) in [5.41, 5.74) is 2.64. The molecule has 7 heteroatoms. The van der Waals surface area contributed by atoms with Crippen LogP contribution >= 0.6 is 0 Å². The predicted molar refractivity (Wildman–Crippen MR) is 114 cm³/mol. The second-order valence-electron chi connectivity index (χ2n) is 7.19. The van der Waals surface area contributed by atoms with Crippen molar-refractivity contribution in [3.63, 3.8) is 0 Å². The topological polar surface area (TPSA) is 69.3 Å². The first-order valence-corrected chi connectivity index (χ1v) is 9.89. The fourth-order valence-electron chi connectivity index (χ4n) is 3.26. The molecule has 2 aromatic heterocycles. The highest BCUT2D eigenvalue weighted by atomic mass is 19.1. The Kier molecular flexibility index (Phi) is 5.84. The highest BCUT2D eigenvalue weighted by molar-refractivity contribution is 5.94. The summed E-state index contributed by atoms with van der Waals surface area (Å²) in [7, 11) is 0. The van der Waals surface area contributed by atoms with Crippen molar-refractivity contribution in [1.29, 1.82) is 0 Å². The van der Waals surface area contributed by atoms with Gasteiger partial charge in [0.25, 0.3) is 5.91 Å². The molecule has 0 aliphatic rings. The normalized spacial score (nSPS) is 11.8. The van der Waals surface area contributed by atoms with Crippen LogP contribution in [0.15, 0.2) is 77.6 Å². The third kappa shape index (κ3) is 4.66. The number of aryl methyl sites for hydroxylation is 1. The summed E-state index contributed by atoms with van der Waals surface area (Å²) in [6.45, 7) is 3.65. The van der Waals surface area contributed by atoms with Crippen molar-refractivity contribution in [2.45, 2.75) is 26.5 Å². The molecular formula is C24H22FN3O3. The smallest absolute Gasteiger partial charge is 0.274 e. The fraction of sp³-hybridized carbons (Fsp3) is 0.167. The Labute approximate surface area is 179 Å². The first-order valence-electron chi connectivity index (χ1n) is 9.89. The molecule has 1 unspecified atom stereocenters. The maximum Gasteiger partial charge on any atom is 0.274 e. The molecule has 158 valence electrons. The number of hydrogen-bond acceptors (Lipinski definition) is 4. The number of carbonyl (C=O) groups is 1. The van der Waals surface area contributed by atoms with Crippen molar-refractivity contribution in [1.82, 2.24) is 15.0 Å². The van der Waals surface area contributed by atoms with Crippen LogP contribution in [0.1, 0.15) is 40.3 Å². The minimum atomic E-state index is -0.395. The largest absolute Gasteiger partial charge is 0.489 e. The van der Waals surface area contributed by atoms with Gasteiger partial charge in [-0.05, 0) is 55.8 Å². The number of carbonyl (C=O) groups excluding carboxylic acids is 1. The lowest BCUT2D eigenvalue weighted by Crippen LogP contribution is -2.28. The van der Waals surface area contributed by atoms with Crippen LogP contribution in [0, 0.1) is 12.7 Å². The van der Waals surface area contributed by atoms with Crippen molar-refractivity contribution >= 4 is 5.91 Å². The molecule has 1 atom stereocenters. The summed E-state index contributed by atoms with van der Waals surface area (Å²) in [4.78, 5) is 12.9. The quantitative estimate of drug-likeness (QED) is 0.459. The van der Waals surface area contributed by atoms with Gasteiger partial charge in [-0.1, -0.05) is 23.4 Å². The lowest BCUT2D eigenvalue weighted by molar-refractivity contribution is 0.0928. The van der Waals surface area contributed by atoms with Gasteiger partial charge in [0.05, 0.1) is 11.6 Å². The molecule has 1 amide bonds. The Bertz CT molecular complexity index is 1180. The van der Waals surface area contributed by atoms with Gasteiger partial charge < -0.3 is 19.1 Å². The summed E-state index contributed by atoms with van der Waals surface area (Å²) in [6, 6.07) is 17.4. The van der Waals surface area contributed by atoms with Crippen LogP contribution in [-0.4, -0.2) is 15.6 Å². The third-order valence-electron chi connectivity index (χ3n) is 5.00. The Morgan fingerprint density at radius 1 is 1.16 bits per heavy atom. The van der Waals surface area contributed by atoms with Crippen molar-refractivity contribution < 1.29 is 18.4 Å². The van der Waals surface area contributed by atoms with E-state index in [1.54, 1.807) is 19.1 Å². The zero-order valence-electron chi connectivity index (χ0n) is 17.2. The van der Waals surface area contributed by atoms with Gasteiger partial charge in [0.15, 0.2) is 5.69 Å². The third-order valence-corrected chi connectivity index (χ3v) is 5.00. The van der Waals surface area contributed by atoms with Gasteiger partial charge >= 0.3 is 0 Å². The molecule has 31 heavy (non-hydrogen) atoms. The molecule has 0 saturated heterocycles. The fourth-order valence-corrected chi connectivity index (χ4v) is 3.26. The molecule has 2 heterocycles. The molecule has 0 fully saturated rings. The number of hydrogen-bond donors (Lipinski definition) is 1. The number of nitrogens with zero attached hydrogens (tertiary/aromatic N) is 2. The van der Waals surface area contributed by atoms with Gasteiger partial charge in [0.2, 0.25) is 0 Å². The zero-order chi connectivity index (χ0) is 21.8. The molecule has 0 spiro atoms. The van der Waals surface area contributed by atoms with Gasteiger partial charge in [0.1, 0.15) is 23.9 Å². The van der Waals surface area contributed by atoms with Crippen LogP contribution in [0.4, 0.5) is 4.39 Å². The predicted octanol–water partition coefficient (Wildman–Crippen LogP) is 4.98. The standard InChI is InChI=1S/C24H22FN3O3/c1-16(18-7-5-9-20(13-18)28-11-3-4-12-28)26-24(29)23-22(17(2)31-27-23)15-30-21-10-6-8-19(25)14-21/h3-14,16H,15H2,1-2H3,(H,26,29). The zero-order valence-corrected chi connectivity index (χ0v) is 17.2. The van der Waals surface area contributed by atoms with E-state index in [1.165, 1.54) is 12.1 Å². The van der Waals surface area contributed by atoms with Crippen molar-refractivity contribution in [3.8, 4) is 11.4 Å². The number of aromatic nitrogens is 2. The van der Waals surface area contributed by atoms with Crippen molar-refractivity contribution in [2.75, 3.05) is 0 Å². The Hall–Kier alpha value is -3.87. The Morgan fingerprint density at radius 3 is 2.71 bits per heavy atom. The Morgan fingerprint density at radius 2 is 1.94 bits per heavy atom. The molecule has 1 N–H and O–H groups in total. The molecule has 0 radical (unpaired) electrons. The second kappa shape index (κ2) is 8.87. The van der Waals surface area contributed by atoms with Crippen LogP contribution in [0.3, 0.4) is 0 Å². The van der Waals surface area contributed by atoms with Crippen molar-refractivity contribution in [3.05, 3.63) is 101 Å². The average Bonchev–Trinajstić information content (AvgIpc) is 3.42. The summed E-state index contributed by atoms with van der Waals surface area (Å²) in [6.07, 6.45) is 3.93. The first kappa shape index (κ1) is 20.4. The van der Waals surface area contributed by atoms with Gasteiger partial charge in [0, 0.05) is 24.1 Å². The number of amides is 1. The molecule has 0 bridgehead atoms. The maximum absolute atomic E-state index is 13.4. The maximum atomic E-state index is 13.4. The van der Waals surface area contributed by atoms with Gasteiger partial charge in [-0.15, -0.1) is 0 Å². The van der Waals surface area contributed by atoms with E-state index in [4.69, 9.17) is 9.26 Å². The van der Waals surface area contributed by atoms with Crippen LogP contribution in [-0.2, 0) is 6.61 Å². The average molecular weight is 419 g/mol. The van der Waals surface area contributed by atoms with Crippen LogP contribution in [0.5, 0.6) is 5.75 Å². The van der Waals surface area contributed by atoms with E-state index in [0.29, 0.717) is 17.1 Å². The van der Waals surface area contributed by atoms with E-state index in [9.17, 15) is 9.18 Å². The van der Waals surface area contributed by atoms with Crippen LogP contribution in [0.2, 0.25) is 0 Å². The molecule has 0 aliphatic heterocycles. The van der Waals surface area contributed by atoms with E-state index in [1.807, 2.05) is 60.3 Å². The summed E-state index contributed by atoms with van der Waals surface area (Å²) >= 11 is 0. The monoisotopic (exact) mass is 419 g/mol. The molecule has 6 nitrogen and oxygen atoms in total. The lowest BCUT2D eigenvalue weighted by Gasteiger charge is -2.15. The van der Waals surface area contributed by atoms with E-state index >= 15 is 0 Å². The van der Waals surface area contributed by atoms with Gasteiger partial charge in [-0.25, -0.2) is 4.39 Å². The molecule has 4 aromatic rings.